The van der Waals surface area contributed by atoms with Gasteiger partial charge in [0.1, 0.15) is 6.61 Å². The molecular formula is C28H30N2O5. The Hall–Kier alpha value is -3.35. The van der Waals surface area contributed by atoms with Gasteiger partial charge in [-0.15, -0.1) is 0 Å². The maximum Gasteiger partial charge on any atom is 0.407 e. The molecule has 2 aromatic carbocycles. The molecule has 35 heavy (non-hydrogen) atoms. The van der Waals surface area contributed by atoms with E-state index in [0.717, 1.165) is 32.1 Å². The summed E-state index contributed by atoms with van der Waals surface area (Å²) in [7, 11) is 0. The molecule has 6 rings (SSSR count). The zero-order valence-electron chi connectivity index (χ0n) is 19.6. The first-order valence-electron chi connectivity index (χ1n) is 12.6. The second-order valence-electron chi connectivity index (χ2n) is 10.5. The highest BCUT2D eigenvalue weighted by Gasteiger charge is 2.58. The van der Waals surface area contributed by atoms with Crippen LogP contribution in [0.1, 0.15) is 55.6 Å². The number of alkyl carbamates (subject to hydrolysis) is 1. The Bertz CT molecular complexity index is 1140. The van der Waals surface area contributed by atoms with Crippen molar-refractivity contribution in [3.63, 3.8) is 0 Å². The highest BCUT2D eigenvalue weighted by Crippen LogP contribution is 2.52. The van der Waals surface area contributed by atoms with E-state index in [2.05, 4.69) is 29.6 Å². The number of carboxylic acid groups (broad SMARTS) is 1. The standard InChI is InChI=1S/C28H30N2O5/c31-25(32)14-28-11-9-18(10-12-28)30(28)26(33)23-13-17(23)15-29-27(34)35-16-24-21-7-3-1-5-19(21)20-6-2-4-8-22(20)24/h1-8,17-18,23-24H,9-16H2,(H,29,34)(H,31,32)/t17-,18?,23-,28?/m0/s1. The van der Waals surface area contributed by atoms with Crippen molar-refractivity contribution in [2.45, 2.75) is 56.0 Å². The second-order valence-corrected chi connectivity index (χ2v) is 10.5. The third-order valence-corrected chi connectivity index (χ3v) is 8.57. The Morgan fingerprint density at radius 3 is 2.26 bits per heavy atom. The SMILES string of the molecule is O=C(O)CC12CCC(CC1)N2C(=O)[C@H]1C[C@H]1CNC(=O)OCC1c2ccccc2-c2ccccc21. The highest BCUT2D eigenvalue weighted by molar-refractivity contribution is 5.85. The zero-order valence-corrected chi connectivity index (χ0v) is 19.6. The van der Waals surface area contributed by atoms with Gasteiger partial charge in [0, 0.05) is 24.4 Å². The lowest BCUT2D eigenvalue weighted by Crippen LogP contribution is -2.47. The monoisotopic (exact) mass is 474 g/mol. The minimum atomic E-state index is -0.838. The normalized spacial score (nSPS) is 27.9. The molecule has 2 amide bonds. The van der Waals surface area contributed by atoms with Crippen molar-refractivity contribution in [1.29, 1.82) is 0 Å². The molecule has 1 saturated carbocycles. The number of aliphatic carboxylic acids is 1. The molecular weight excluding hydrogens is 444 g/mol. The summed E-state index contributed by atoms with van der Waals surface area (Å²) >= 11 is 0. The van der Waals surface area contributed by atoms with Crippen LogP contribution in [0.4, 0.5) is 4.79 Å². The van der Waals surface area contributed by atoms with Crippen molar-refractivity contribution in [3.8, 4) is 11.1 Å². The summed E-state index contributed by atoms with van der Waals surface area (Å²) in [6.07, 6.45) is 3.66. The maximum absolute atomic E-state index is 13.2. The Morgan fingerprint density at radius 2 is 1.63 bits per heavy atom. The van der Waals surface area contributed by atoms with Gasteiger partial charge < -0.3 is 20.1 Å². The molecule has 2 bridgehead atoms. The molecule has 0 aromatic heterocycles. The zero-order chi connectivity index (χ0) is 24.2. The molecule has 2 aliphatic carbocycles. The summed E-state index contributed by atoms with van der Waals surface area (Å²) in [4.78, 5) is 39.0. The van der Waals surface area contributed by atoms with Crippen LogP contribution in [-0.2, 0) is 14.3 Å². The number of carbonyl (C=O) groups is 3. The number of hydrogen-bond acceptors (Lipinski definition) is 4. The molecule has 0 unspecified atom stereocenters. The van der Waals surface area contributed by atoms with E-state index in [0.29, 0.717) is 6.54 Å². The fourth-order valence-corrected chi connectivity index (χ4v) is 6.80. The van der Waals surface area contributed by atoms with E-state index in [-0.39, 0.29) is 42.7 Å². The van der Waals surface area contributed by atoms with E-state index in [1.54, 1.807) is 0 Å². The van der Waals surface area contributed by atoms with Gasteiger partial charge in [0.2, 0.25) is 5.91 Å². The first kappa shape index (κ1) is 22.1. The summed E-state index contributed by atoms with van der Waals surface area (Å²) in [6, 6.07) is 16.6. The van der Waals surface area contributed by atoms with Crippen LogP contribution >= 0.6 is 0 Å². The van der Waals surface area contributed by atoms with E-state index < -0.39 is 17.6 Å². The molecule has 2 heterocycles. The summed E-state index contributed by atoms with van der Waals surface area (Å²) in [5, 5.41) is 12.2. The number of nitrogens with one attached hydrogen (secondary N) is 1. The van der Waals surface area contributed by atoms with Gasteiger partial charge in [-0.05, 0) is 60.3 Å². The van der Waals surface area contributed by atoms with Gasteiger partial charge in [-0.3, -0.25) is 9.59 Å². The third kappa shape index (κ3) is 3.77. The Kier molecular flexibility index (Phi) is 5.31. The third-order valence-electron chi connectivity index (χ3n) is 8.57. The number of amides is 2. The predicted octanol–water partition coefficient (Wildman–Crippen LogP) is 4.16. The molecule has 7 heteroatoms. The van der Waals surface area contributed by atoms with Crippen molar-refractivity contribution < 1.29 is 24.2 Å². The largest absolute Gasteiger partial charge is 0.481 e. The molecule has 2 N–H and O–H groups in total. The van der Waals surface area contributed by atoms with E-state index >= 15 is 0 Å². The number of carboxylic acids is 1. The predicted molar refractivity (Wildman–Crippen MR) is 129 cm³/mol. The van der Waals surface area contributed by atoms with Crippen LogP contribution < -0.4 is 5.32 Å². The summed E-state index contributed by atoms with van der Waals surface area (Å²) in [5.41, 5.74) is 4.22. The first-order valence-corrected chi connectivity index (χ1v) is 12.6. The molecule has 7 nitrogen and oxygen atoms in total. The van der Waals surface area contributed by atoms with Crippen molar-refractivity contribution in [1.82, 2.24) is 10.2 Å². The van der Waals surface area contributed by atoms with Crippen molar-refractivity contribution in [2.75, 3.05) is 13.2 Å². The van der Waals surface area contributed by atoms with Gasteiger partial charge in [-0.25, -0.2) is 4.79 Å². The van der Waals surface area contributed by atoms with Crippen LogP contribution in [0.25, 0.3) is 11.1 Å². The fourth-order valence-electron chi connectivity index (χ4n) is 6.80. The molecule has 2 aromatic rings. The number of hydrogen-bond donors (Lipinski definition) is 2. The first-order chi connectivity index (χ1) is 17.0. The lowest BCUT2D eigenvalue weighted by molar-refractivity contribution is -0.143. The summed E-state index contributed by atoms with van der Waals surface area (Å²) in [6.45, 7) is 0.664. The quantitative estimate of drug-likeness (QED) is 0.628. The van der Waals surface area contributed by atoms with Gasteiger partial charge >= 0.3 is 12.1 Å². The Morgan fingerprint density at radius 1 is 1.00 bits per heavy atom. The van der Waals surface area contributed by atoms with Crippen molar-refractivity contribution >= 4 is 18.0 Å². The number of rotatable bonds is 7. The minimum Gasteiger partial charge on any atom is -0.481 e. The lowest BCUT2D eigenvalue weighted by Gasteiger charge is -2.34. The number of carbonyl (C=O) groups excluding carboxylic acids is 2. The average molecular weight is 475 g/mol. The van der Waals surface area contributed by atoms with Crippen LogP contribution in [0, 0.1) is 11.8 Å². The molecule has 2 atom stereocenters. The molecule has 182 valence electrons. The molecule has 4 aliphatic rings. The van der Waals surface area contributed by atoms with E-state index in [4.69, 9.17) is 4.74 Å². The van der Waals surface area contributed by atoms with Gasteiger partial charge in [0.15, 0.2) is 0 Å². The lowest BCUT2D eigenvalue weighted by atomic mass is 9.85. The number of nitrogens with zero attached hydrogens (tertiary/aromatic N) is 1. The summed E-state index contributed by atoms with van der Waals surface area (Å²) in [5.74, 6) is -0.791. The number of ether oxygens (including phenoxy) is 1. The number of fused-ring (bicyclic) bond motifs is 5. The smallest absolute Gasteiger partial charge is 0.407 e. The van der Waals surface area contributed by atoms with Crippen LogP contribution in [0.15, 0.2) is 48.5 Å². The van der Waals surface area contributed by atoms with Crippen LogP contribution in [0.5, 0.6) is 0 Å². The Labute approximate surface area is 204 Å². The fraction of sp³-hybridized carbons (Fsp3) is 0.464. The molecule has 3 fully saturated rings. The van der Waals surface area contributed by atoms with Crippen molar-refractivity contribution in [3.05, 3.63) is 59.7 Å². The van der Waals surface area contributed by atoms with E-state index in [1.165, 1.54) is 22.3 Å². The highest BCUT2D eigenvalue weighted by atomic mass is 16.5. The summed E-state index contributed by atoms with van der Waals surface area (Å²) < 4.78 is 5.61. The van der Waals surface area contributed by atoms with Crippen LogP contribution in [0.3, 0.4) is 0 Å². The molecule has 0 radical (unpaired) electrons. The Balaban J connectivity index is 1.02. The van der Waals surface area contributed by atoms with E-state index in [9.17, 15) is 19.5 Å². The van der Waals surface area contributed by atoms with Gasteiger partial charge in [0.25, 0.3) is 0 Å². The second kappa shape index (κ2) is 8.40. The topological polar surface area (TPSA) is 95.9 Å². The number of benzene rings is 2. The average Bonchev–Trinajstić information content (AvgIpc) is 3.31. The van der Waals surface area contributed by atoms with Crippen molar-refractivity contribution in [2.24, 2.45) is 11.8 Å². The minimum absolute atomic E-state index is 0.0134. The van der Waals surface area contributed by atoms with Crippen LogP contribution in [0.2, 0.25) is 0 Å². The van der Waals surface area contributed by atoms with E-state index in [1.807, 2.05) is 29.2 Å². The van der Waals surface area contributed by atoms with Gasteiger partial charge in [-0.2, -0.15) is 0 Å². The molecule has 0 spiro atoms. The molecule has 2 saturated heterocycles. The van der Waals surface area contributed by atoms with Gasteiger partial charge in [0.05, 0.1) is 12.0 Å². The van der Waals surface area contributed by atoms with Crippen LogP contribution in [-0.4, -0.2) is 52.7 Å². The van der Waals surface area contributed by atoms with Gasteiger partial charge in [-0.1, -0.05) is 48.5 Å². The molecule has 2 aliphatic heterocycles. The maximum atomic E-state index is 13.2.